The SMILES string of the molecule is CCC(=O)Nc1ccc(NC(=O)CNc2ccc(Oc3ccccc3)cc2)cc1. The van der Waals surface area contributed by atoms with Gasteiger partial charge < -0.3 is 20.7 Å². The third-order valence-corrected chi connectivity index (χ3v) is 4.06. The normalized spacial score (nSPS) is 10.1. The van der Waals surface area contributed by atoms with Crippen LogP contribution in [0.15, 0.2) is 78.9 Å². The second-order valence-corrected chi connectivity index (χ2v) is 6.32. The van der Waals surface area contributed by atoms with Gasteiger partial charge in [0.15, 0.2) is 0 Å². The molecule has 3 aromatic rings. The van der Waals surface area contributed by atoms with Crippen molar-refractivity contribution in [2.24, 2.45) is 0 Å². The maximum absolute atomic E-state index is 12.1. The zero-order chi connectivity index (χ0) is 20.5. The predicted molar refractivity (Wildman–Crippen MR) is 115 cm³/mol. The number of carbonyl (C=O) groups is 2. The Balaban J connectivity index is 1.46. The second-order valence-electron chi connectivity index (χ2n) is 6.32. The molecule has 3 rings (SSSR count). The van der Waals surface area contributed by atoms with E-state index in [0.717, 1.165) is 17.2 Å². The van der Waals surface area contributed by atoms with Crippen molar-refractivity contribution in [1.29, 1.82) is 0 Å². The molecule has 0 aliphatic rings. The highest BCUT2D eigenvalue weighted by Gasteiger charge is 2.04. The Hall–Kier alpha value is -3.80. The summed E-state index contributed by atoms with van der Waals surface area (Å²) >= 11 is 0. The lowest BCUT2D eigenvalue weighted by Crippen LogP contribution is -2.21. The molecular weight excluding hydrogens is 366 g/mol. The number of rotatable bonds is 8. The Labute approximate surface area is 169 Å². The van der Waals surface area contributed by atoms with Crippen molar-refractivity contribution in [3.05, 3.63) is 78.9 Å². The van der Waals surface area contributed by atoms with Gasteiger partial charge in [-0.2, -0.15) is 0 Å². The van der Waals surface area contributed by atoms with E-state index in [-0.39, 0.29) is 18.4 Å². The number of carbonyl (C=O) groups excluding carboxylic acids is 2. The summed E-state index contributed by atoms with van der Waals surface area (Å²) in [6, 6.07) is 23.9. The van der Waals surface area contributed by atoms with Crippen LogP contribution in [0.2, 0.25) is 0 Å². The smallest absolute Gasteiger partial charge is 0.243 e. The van der Waals surface area contributed by atoms with Gasteiger partial charge in [0.2, 0.25) is 11.8 Å². The van der Waals surface area contributed by atoms with Crippen molar-refractivity contribution < 1.29 is 14.3 Å². The lowest BCUT2D eigenvalue weighted by Gasteiger charge is -2.10. The first-order valence-electron chi connectivity index (χ1n) is 9.39. The zero-order valence-corrected chi connectivity index (χ0v) is 16.1. The highest BCUT2D eigenvalue weighted by atomic mass is 16.5. The maximum atomic E-state index is 12.1. The monoisotopic (exact) mass is 389 g/mol. The van der Waals surface area contributed by atoms with Crippen molar-refractivity contribution in [3.63, 3.8) is 0 Å². The molecule has 3 N–H and O–H groups in total. The molecule has 0 aliphatic heterocycles. The summed E-state index contributed by atoms with van der Waals surface area (Å²) in [4.78, 5) is 23.5. The third-order valence-electron chi connectivity index (χ3n) is 4.06. The van der Waals surface area contributed by atoms with Gasteiger partial charge in [-0.1, -0.05) is 25.1 Å². The fourth-order valence-corrected chi connectivity index (χ4v) is 2.54. The van der Waals surface area contributed by atoms with E-state index < -0.39 is 0 Å². The minimum Gasteiger partial charge on any atom is -0.457 e. The zero-order valence-electron chi connectivity index (χ0n) is 16.1. The Bertz CT molecular complexity index is 939. The van der Waals surface area contributed by atoms with Gasteiger partial charge in [-0.15, -0.1) is 0 Å². The summed E-state index contributed by atoms with van der Waals surface area (Å²) in [6.07, 6.45) is 0.420. The van der Waals surface area contributed by atoms with Crippen molar-refractivity contribution in [1.82, 2.24) is 0 Å². The highest BCUT2D eigenvalue weighted by molar-refractivity contribution is 5.94. The minimum atomic E-state index is -0.167. The van der Waals surface area contributed by atoms with Crippen LogP contribution in [0.1, 0.15) is 13.3 Å². The Morgan fingerprint density at radius 3 is 1.79 bits per heavy atom. The van der Waals surface area contributed by atoms with Gasteiger partial charge in [-0.3, -0.25) is 9.59 Å². The average Bonchev–Trinajstić information content (AvgIpc) is 2.75. The Kier molecular flexibility index (Phi) is 6.84. The van der Waals surface area contributed by atoms with Gasteiger partial charge in [0.25, 0.3) is 0 Å². The Morgan fingerprint density at radius 1 is 0.690 bits per heavy atom. The number of benzene rings is 3. The van der Waals surface area contributed by atoms with Crippen LogP contribution in [0.4, 0.5) is 17.1 Å². The van der Waals surface area contributed by atoms with E-state index in [1.165, 1.54) is 0 Å². The van der Waals surface area contributed by atoms with Crippen molar-refractivity contribution in [2.45, 2.75) is 13.3 Å². The molecule has 0 spiro atoms. The number of amides is 2. The molecule has 0 aliphatic carbocycles. The molecule has 0 bridgehead atoms. The summed E-state index contributed by atoms with van der Waals surface area (Å²) < 4.78 is 5.75. The van der Waals surface area contributed by atoms with Crippen molar-refractivity contribution >= 4 is 28.9 Å². The third kappa shape index (κ3) is 6.39. The van der Waals surface area contributed by atoms with Gasteiger partial charge in [-0.05, 0) is 60.7 Å². The number of hydrogen-bond donors (Lipinski definition) is 3. The Morgan fingerprint density at radius 2 is 1.21 bits per heavy atom. The molecule has 0 saturated carbocycles. The lowest BCUT2D eigenvalue weighted by atomic mass is 10.2. The molecule has 0 heterocycles. The largest absolute Gasteiger partial charge is 0.457 e. The molecule has 0 saturated heterocycles. The summed E-state index contributed by atoms with van der Waals surface area (Å²) in [5, 5.41) is 8.65. The summed E-state index contributed by atoms with van der Waals surface area (Å²) in [5.74, 6) is 1.28. The van der Waals surface area contributed by atoms with Crippen LogP contribution in [0, 0.1) is 0 Å². The first-order chi connectivity index (χ1) is 14.1. The molecule has 6 nitrogen and oxygen atoms in total. The first-order valence-corrected chi connectivity index (χ1v) is 9.39. The molecule has 0 unspecified atom stereocenters. The summed E-state index contributed by atoms with van der Waals surface area (Å²) in [7, 11) is 0. The summed E-state index contributed by atoms with van der Waals surface area (Å²) in [6.45, 7) is 1.92. The maximum Gasteiger partial charge on any atom is 0.243 e. The van der Waals surface area contributed by atoms with E-state index in [0.29, 0.717) is 17.8 Å². The molecule has 0 radical (unpaired) electrons. The molecule has 3 aromatic carbocycles. The number of hydrogen-bond acceptors (Lipinski definition) is 4. The van der Waals surface area contributed by atoms with E-state index in [2.05, 4.69) is 16.0 Å². The van der Waals surface area contributed by atoms with Crippen LogP contribution >= 0.6 is 0 Å². The molecular formula is C23H23N3O3. The van der Waals surface area contributed by atoms with Gasteiger partial charge >= 0.3 is 0 Å². The van der Waals surface area contributed by atoms with Crippen LogP contribution in [0.3, 0.4) is 0 Å². The van der Waals surface area contributed by atoms with Gasteiger partial charge in [0, 0.05) is 23.5 Å². The van der Waals surface area contributed by atoms with Crippen molar-refractivity contribution in [3.8, 4) is 11.5 Å². The number of ether oxygens (including phenoxy) is 1. The highest BCUT2D eigenvalue weighted by Crippen LogP contribution is 2.22. The quantitative estimate of drug-likeness (QED) is 0.513. The average molecular weight is 389 g/mol. The van der Waals surface area contributed by atoms with E-state index in [9.17, 15) is 9.59 Å². The number of nitrogens with one attached hydrogen (secondary N) is 3. The van der Waals surface area contributed by atoms with Crippen molar-refractivity contribution in [2.75, 3.05) is 22.5 Å². The molecule has 148 valence electrons. The topological polar surface area (TPSA) is 79.5 Å². The van der Waals surface area contributed by atoms with Gasteiger partial charge in [0.05, 0.1) is 6.54 Å². The standard InChI is InChI=1S/C23H23N3O3/c1-2-22(27)25-18-8-10-19(11-9-18)26-23(28)16-24-17-12-14-21(15-13-17)29-20-6-4-3-5-7-20/h3-15,24H,2,16H2,1H3,(H,25,27)(H,26,28). The summed E-state index contributed by atoms with van der Waals surface area (Å²) in [5.41, 5.74) is 2.18. The molecule has 6 heteroatoms. The van der Waals surface area contributed by atoms with Crippen LogP contribution in [0.25, 0.3) is 0 Å². The number of para-hydroxylation sites is 1. The molecule has 0 aromatic heterocycles. The minimum absolute atomic E-state index is 0.0498. The predicted octanol–water partition coefficient (Wildman–Crippen LogP) is 4.88. The molecule has 0 atom stereocenters. The van der Waals surface area contributed by atoms with Crippen LogP contribution in [-0.4, -0.2) is 18.4 Å². The molecule has 29 heavy (non-hydrogen) atoms. The molecule has 2 amide bonds. The van der Waals surface area contributed by atoms with Crippen LogP contribution < -0.4 is 20.7 Å². The molecule has 0 fully saturated rings. The lowest BCUT2D eigenvalue weighted by molar-refractivity contribution is -0.116. The van der Waals surface area contributed by atoms with E-state index in [4.69, 9.17) is 4.74 Å². The fraction of sp³-hybridized carbons (Fsp3) is 0.130. The van der Waals surface area contributed by atoms with E-state index in [1.54, 1.807) is 31.2 Å². The first kappa shape index (κ1) is 19.9. The van der Waals surface area contributed by atoms with E-state index >= 15 is 0 Å². The van der Waals surface area contributed by atoms with Crippen LogP contribution in [0.5, 0.6) is 11.5 Å². The van der Waals surface area contributed by atoms with Crippen LogP contribution in [-0.2, 0) is 9.59 Å². The number of anilines is 3. The van der Waals surface area contributed by atoms with E-state index in [1.807, 2.05) is 54.6 Å². The van der Waals surface area contributed by atoms with Gasteiger partial charge in [0.1, 0.15) is 11.5 Å². The fourth-order valence-electron chi connectivity index (χ4n) is 2.54. The second kappa shape index (κ2) is 9.94. The van der Waals surface area contributed by atoms with Gasteiger partial charge in [-0.25, -0.2) is 0 Å².